The van der Waals surface area contributed by atoms with E-state index < -0.39 is 0 Å². The van der Waals surface area contributed by atoms with Gasteiger partial charge in [0.15, 0.2) is 0 Å². The molecule has 7 nitrogen and oxygen atoms in total. The predicted octanol–water partition coefficient (Wildman–Crippen LogP) is -0.862. The zero-order valence-corrected chi connectivity index (χ0v) is 9.26. The van der Waals surface area contributed by atoms with Crippen LogP contribution in [0.2, 0.25) is 0 Å². The van der Waals surface area contributed by atoms with E-state index >= 15 is 0 Å². The van der Waals surface area contributed by atoms with Crippen LogP contribution in [0.15, 0.2) is 6.33 Å². The van der Waals surface area contributed by atoms with E-state index in [-0.39, 0.29) is 24.5 Å². The highest BCUT2D eigenvalue weighted by Gasteiger charge is 2.04. The van der Waals surface area contributed by atoms with Crippen molar-refractivity contribution in [1.29, 1.82) is 0 Å². The average molecular weight is 227 g/mol. The number of carbonyl (C=O) groups is 1. The predicted molar refractivity (Wildman–Crippen MR) is 58.4 cm³/mol. The first-order valence-corrected chi connectivity index (χ1v) is 5.17. The van der Waals surface area contributed by atoms with Gasteiger partial charge in [0, 0.05) is 6.54 Å². The Morgan fingerprint density at radius 1 is 1.75 bits per heavy atom. The second-order valence-corrected chi connectivity index (χ2v) is 3.64. The second kappa shape index (κ2) is 6.06. The zero-order valence-electron chi connectivity index (χ0n) is 9.26. The molecule has 0 bridgehead atoms. The van der Waals surface area contributed by atoms with Crippen molar-refractivity contribution in [3.8, 4) is 0 Å². The van der Waals surface area contributed by atoms with Crippen molar-refractivity contribution in [2.75, 3.05) is 12.3 Å². The molecule has 0 aliphatic heterocycles. The van der Waals surface area contributed by atoms with E-state index in [4.69, 9.17) is 10.8 Å². The summed E-state index contributed by atoms with van der Waals surface area (Å²) in [6, 6.07) is 0. The molecule has 0 aliphatic carbocycles. The summed E-state index contributed by atoms with van der Waals surface area (Å²) in [4.78, 5) is 15.1. The fraction of sp³-hybridized carbons (Fsp3) is 0.667. The Morgan fingerprint density at radius 2 is 2.50 bits per heavy atom. The summed E-state index contributed by atoms with van der Waals surface area (Å²) in [6.45, 7) is 2.38. The summed E-state index contributed by atoms with van der Waals surface area (Å²) in [6.07, 6.45) is 2.51. The molecule has 1 atom stereocenters. The maximum atomic E-state index is 11.4. The van der Waals surface area contributed by atoms with Gasteiger partial charge in [-0.15, -0.1) is 5.10 Å². The van der Waals surface area contributed by atoms with Crippen molar-refractivity contribution in [2.24, 2.45) is 0 Å². The summed E-state index contributed by atoms with van der Waals surface area (Å²) >= 11 is 0. The Bertz CT molecular complexity index is 336. The van der Waals surface area contributed by atoms with Gasteiger partial charge in [-0.1, -0.05) is 0 Å². The van der Waals surface area contributed by atoms with E-state index in [0.29, 0.717) is 13.0 Å². The van der Waals surface area contributed by atoms with Gasteiger partial charge in [0.1, 0.15) is 12.9 Å². The van der Waals surface area contributed by atoms with Gasteiger partial charge in [0.2, 0.25) is 11.9 Å². The van der Waals surface area contributed by atoms with Crippen LogP contribution in [0.5, 0.6) is 0 Å². The van der Waals surface area contributed by atoms with Crippen LogP contribution in [0.4, 0.5) is 5.95 Å². The number of anilines is 1. The number of aliphatic hydroxyl groups is 1. The molecule has 1 rings (SSSR count). The van der Waals surface area contributed by atoms with Gasteiger partial charge in [0.25, 0.3) is 0 Å². The maximum Gasteiger partial charge on any atom is 0.241 e. The second-order valence-electron chi connectivity index (χ2n) is 3.64. The maximum absolute atomic E-state index is 11.4. The smallest absolute Gasteiger partial charge is 0.241 e. The largest absolute Gasteiger partial charge is 0.393 e. The molecule has 1 aromatic heterocycles. The Balaban J connectivity index is 2.16. The quantitative estimate of drug-likeness (QED) is 0.548. The van der Waals surface area contributed by atoms with Crippen LogP contribution < -0.4 is 11.1 Å². The fourth-order valence-electron chi connectivity index (χ4n) is 1.21. The first-order valence-electron chi connectivity index (χ1n) is 5.17. The molecular formula is C9H17N5O2. The molecule has 4 N–H and O–H groups in total. The minimum Gasteiger partial charge on any atom is -0.393 e. The van der Waals surface area contributed by atoms with E-state index in [1.54, 1.807) is 6.92 Å². The Kier molecular flexibility index (Phi) is 4.71. The van der Waals surface area contributed by atoms with Gasteiger partial charge < -0.3 is 16.2 Å². The Hall–Kier alpha value is -1.63. The molecule has 1 unspecified atom stereocenters. The molecule has 90 valence electrons. The first kappa shape index (κ1) is 12.4. The highest BCUT2D eigenvalue weighted by atomic mass is 16.3. The zero-order chi connectivity index (χ0) is 12.0. The molecule has 1 heterocycles. The lowest BCUT2D eigenvalue weighted by Crippen LogP contribution is -2.29. The van der Waals surface area contributed by atoms with Crippen LogP contribution in [-0.4, -0.2) is 38.4 Å². The summed E-state index contributed by atoms with van der Waals surface area (Å²) < 4.78 is 1.37. The molecule has 0 fully saturated rings. The molecule has 0 spiro atoms. The van der Waals surface area contributed by atoms with Crippen molar-refractivity contribution in [1.82, 2.24) is 20.1 Å². The van der Waals surface area contributed by atoms with Crippen molar-refractivity contribution in [2.45, 2.75) is 32.4 Å². The number of aliphatic hydroxyl groups excluding tert-OH is 1. The van der Waals surface area contributed by atoms with E-state index in [2.05, 4.69) is 15.4 Å². The monoisotopic (exact) mass is 227 g/mol. The number of nitrogens with two attached hydrogens (primary N) is 1. The number of carbonyl (C=O) groups excluding carboxylic acids is 1. The van der Waals surface area contributed by atoms with E-state index in [1.807, 2.05) is 0 Å². The third kappa shape index (κ3) is 4.74. The molecule has 1 amide bonds. The topological polar surface area (TPSA) is 106 Å². The molecule has 0 saturated heterocycles. The number of hydrogen-bond acceptors (Lipinski definition) is 5. The summed E-state index contributed by atoms with van der Waals surface area (Å²) in [5, 5.41) is 15.5. The molecule has 7 heteroatoms. The number of aromatic nitrogens is 3. The molecule has 1 aromatic rings. The van der Waals surface area contributed by atoms with Crippen molar-refractivity contribution in [3.63, 3.8) is 0 Å². The summed E-state index contributed by atoms with van der Waals surface area (Å²) in [7, 11) is 0. The van der Waals surface area contributed by atoms with E-state index in [9.17, 15) is 4.79 Å². The molecule has 0 aliphatic rings. The first-order chi connectivity index (χ1) is 7.58. The van der Waals surface area contributed by atoms with Gasteiger partial charge in [-0.05, 0) is 19.8 Å². The van der Waals surface area contributed by atoms with Gasteiger partial charge in [-0.2, -0.15) is 0 Å². The normalized spacial score (nSPS) is 12.4. The van der Waals surface area contributed by atoms with E-state index in [0.717, 1.165) is 6.42 Å². The van der Waals surface area contributed by atoms with Gasteiger partial charge in [-0.3, -0.25) is 4.79 Å². The standard InChI is InChI=1S/C9H17N5O2/c1-7(15)3-2-4-11-8(16)5-14-6-12-9(10)13-14/h6-7,15H,2-5H2,1H3,(H2,10,13)(H,11,16). The van der Waals surface area contributed by atoms with Crippen molar-refractivity contribution in [3.05, 3.63) is 6.33 Å². The number of rotatable bonds is 6. The minimum absolute atomic E-state index is 0.110. The van der Waals surface area contributed by atoms with Gasteiger partial charge in [0.05, 0.1) is 6.10 Å². The van der Waals surface area contributed by atoms with Crippen LogP contribution in [0.25, 0.3) is 0 Å². The van der Waals surface area contributed by atoms with E-state index in [1.165, 1.54) is 11.0 Å². The Labute approximate surface area is 93.7 Å². The number of nitrogens with one attached hydrogen (secondary N) is 1. The number of nitrogens with zero attached hydrogens (tertiary/aromatic N) is 3. The Morgan fingerprint density at radius 3 is 3.06 bits per heavy atom. The van der Waals surface area contributed by atoms with Crippen LogP contribution in [0.1, 0.15) is 19.8 Å². The van der Waals surface area contributed by atoms with Crippen LogP contribution in [-0.2, 0) is 11.3 Å². The third-order valence-corrected chi connectivity index (χ3v) is 1.98. The SMILES string of the molecule is CC(O)CCCNC(=O)Cn1cnc(N)n1. The van der Waals surface area contributed by atoms with Crippen molar-refractivity contribution < 1.29 is 9.90 Å². The van der Waals surface area contributed by atoms with Crippen molar-refractivity contribution >= 4 is 11.9 Å². The number of amides is 1. The number of hydrogen-bond donors (Lipinski definition) is 3. The lowest BCUT2D eigenvalue weighted by Gasteiger charge is -2.06. The molecular weight excluding hydrogens is 210 g/mol. The fourth-order valence-corrected chi connectivity index (χ4v) is 1.21. The van der Waals surface area contributed by atoms with Gasteiger partial charge in [-0.25, -0.2) is 9.67 Å². The van der Waals surface area contributed by atoms with Crippen LogP contribution in [0.3, 0.4) is 0 Å². The third-order valence-electron chi connectivity index (χ3n) is 1.98. The summed E-state index contributed by atoms with van der Waals surface area (Å²) in [5.41, 5.74) is 5.31. The lowest BCUT2D eigenvalue weighted by molar-refractivity contribution is -0.121. The van der Waals surface area contributed by atoms with Crippen LogP contribution >= 0.6 is 0 Å². The highest BCUT2D eigenvalue weighted by Crippen LogP contribution is 1.94. The average Bonchev–Trinajstić information content (AvgIpc) is 2.58. The minimum atomic E-state index is -0.327. The lowest BCUT2D eigenvalue weighted by atomic mass is 10.2. The molecule has 0 radical (unpaired) electrons. The molecule has 16 heavy (non-hydrogen) atoms. The van der Waals surface area contributed by atoms with Crippen LogP contribution in [0, 0.1) is 0 Å². The van der Waals surface area contributed by atoms with Gasteiger partial charge >= 0.3 is 0 Å². The molecule has 0 aromatic carbocycles. The highest BCUT2D eigenvalue weighted by molar-refractivity contribution is 5.75. The number of nitrogen functional groups attached to an aromatic ring is 1. The molecule has 0 saturated carbocycles. The summed E-state index contributed by atoms with van der Waals surface area (Å²) in [5.74, 6) is 0.0115.